The van der Waals surface area contributed by atoms with Gasteiger partial charge in [-0.25, -0.2) is 0 Å². The van der Waals surface area contributed by atoms with Gasteiger partial charge in [0.05, 0.1) is 0 Å². The zero-order valence-corrected chi connectivity index (χ0v) is 11.3. The molecule has 0 saturated carbocycles. The van der Waals surface area contributed by atoms with Gasteiger partial charge >= 0.3 is 5.97 Å². The van der Waals surface area contributed by atoms with Crippen molar-refractivity contribution in [1.82, 2.24) is 6.15 Å². The van der Waals surface area contributed by atoms with Gasteiger partial charge in [0.2, 0.25) is 0 Å². The average molecular weight is 286 g/mol. The van der Waals surface area contributed by atoms with E-state index in [1.54, 1.807) is 0 Å². The maximum Gasteiger partial charge on any atom is 0.320 e. The van der Waals surface area contributed by atoms with Crippen LogP contribution >= 0.6 is 0 Å². The van der Waals surface area contributed by atoms with E-state index >= 15 is 0 Å². The Morgan fingerprint density at radius 3 is 0.842 bits per heavy atom. The van der Waals surface area contributed by atoms with Gasteiger partial charge in [0.15, 0.2) is 0 Å². The molecule has 0 spiro atoms. The SMILES string of the molecule is CC(=O)O.CC(=O)O.CC(=O)O.CC(N)C(=O)O.N. The molecule has 10 nitrogen and oxygen atoms in total. The lowest BCUT2D eigenvalue weighted by Crippen LogP contribution is -2.25. The minimum Gasteiger partial charge on any atom is -0.481 e. The summed E-state index contributed by atoms with van der Waals surface area (Å²) < 4.78 is 0. The predicted molar refractivity (Wildman–Crippen MR) is 66.2 cm³/mol. The summed E-state index contributed by atoms with van der Waals surface area (Å²) >= 11 is 0. The molecule has 0 saturated heterocycles. The molecular weight excluding hydrogens is 264 g/mol. The fraction of sp³-hybridized carbons (Fsp3) is 0.556. The van der Waals surface area contributed by atoms with Crippen LogP contribution in [0.3, 0.4) is 0 Å². The number of carbonyl (C=O) groups is 4. The van der Waals surface area contributed by atoms with Crippen LogP contribution in [0.2, 0.25) is 0 Å². The van der Waals surface area contributed by atoms with Crippen molar-refractivity contribution >= 4 is 23.9 Å². The van der Waals surface area contributed by atoms with Gasteiger partial charge in [0.1, 0.15) is 6.04 Å². The smallest absolute Gasteiger partial charge is 0.320 e. The van der Waals surface area contributed by atoms with Crippen LogP contribution in [-0.2, 0) is 19.2 Å². The highest BCUT2D eigenvalue weighted by Crippen LogP contribution is 1.68. The van der Waals surface area contributed by atoms with Crippen molar-refractivity contribution in [3.63, 3.8) is 0 Å². The van der Waals surface area contributed by atoms with E-state index in [9.17, 15) is 4.79 Å². The molecule has 0 amide bonds. The number of nitrogens with two attached hydrogens (primary N) is 1. The first kappa shape index (κ1) is 30.1. The van der Waals surface area contributed by atoms with E-state index in [0.29, 0.717) is 0 Å². The van der Waals surface area contributed by atoms with Crippen molar-refractivity contribution in [2.45, 2.75) is 33.7 Å². The Morgan fingerprint density at radius 1 is 0.789 bits per heavy atom. The maximum atomic E-state index is 9.57. The molecule has 1 atom stereocenters. The van der Waals surface area contributed by atoms with Gasteiger partial charge in [-0.15, -0.1) is 0 Å². The predicted octanol–water partition coefficient (Wildman–Crippen LogP) is -0.147. The summed E-state index contributed by atoms with van der Waals surface area (Å²) in [4.78, 5) is 36.6. The topological polar surface area (TPSA) is 210 Å². The molecule has 0 aliphatic heterocycles. The number of carboxylic acids is 4. The van der Waals surface area contributed by atoms with Crippen molar-refractivity contribution in [3.05, 3.63) is 0 Å². The Hall–Kier alpha value is -2.20. The van der Waals surface area contributed by atoms with Gasteiger partial charge in [-0.3, -0.25) is 19.2 Å². The van der Waals surface area contributed by atoms with Crippen molar-refractivity contribution < 1.29 is 39.6 Å². The average Bonchev–Trinajstić information content (AvgIpc) is 1.99. The molecular formula is C9H22N2O8. The Bertz CT molecular complexity index is 224. The highest BCUT2D eigenvalue weighted by Gasteiger charge is 1.99. The second-order valence-electron chi connectivity index (χ2n) is 2.68. The standard InChI is InChI=1S/C3H7NO2.3C2H4O2.H3N/c1-2(4)3(5)6;3*1-2(3)4;/h2H,4H2,1H3,(H,5,6);3*1H3,(H,3,4);1H3. The van der Waals surface area contributed by atoms with E-state index < -0.39 is 29.9 Å². The van der Waals surface area contributed by atoms with Crippen LogP contribution in [0.15, 0.2) is 0 Å². The van der Waals surface area contributed by atoms with Crippen LogP contribution < -0.4 is 11.9 Å². The Kier molecular flexibility index (Phi) is 33.5. The highest BCUT2D eigenvalue weighted by atomic mass is 16.4. The summed E-state index contributed by atoms with van der Waals surface area (Å²) in [7, 11) is 0. The van der Waals surface area contributed by atoms with Crippen LogP contribution in [0.1, 0.15) is 27.7 Å². The van der Waals surface area contributed by atoms with Crippen LogP contribution in [-0.4, -0.2) is 50.3 Å². The first-order valence-corrected chi connectivity index (χ1v) is 4.41. The van der Waals surface area contributed by atoms with Gasteiger partial charge in [-0.1, -0.05) is 0 Å². The molecule has 0 aliphatic rings. The molecule has 0 fully saturated rings. The third-order valence-electron chi connectivity index (χ3n) is 0.390. The summed E-state index contributed by atoms with van der Waals surface area (Å²) in [6.07, 6.45) is 0. The summed E-state index contributed by atoms with van der Waals surface area (Å²) in [6, 6.07) is -0.731. The molecule has 0 bridgehead atoms. The van der Waals surface area contributed by atoms with Crippen molar-refractivity contribution in [1.29, 1.82) is 0 Å². The molecule has 0 radical (unpaired) electrons. The minimum atomic E-state index is -0.963. The van der Waals surface area contributed by atoms with E-state index in [-0.39, 0.29) is 6.15 Å². The number of hydrogen-bond donors (Lipinski definition) is 6. The Morgan fingerprint density at radius 2 is 0.842 bits per heavy atom. The maximum absolute atomic E-state index is 9.57. The van der Waals surface area contributed by atoms with Crippen molar-refractivity contribution in [2.75, 3.05) is 0 Å². The van der Waals surface area contributed by atoms with Gasteiger partial charge < -0.3 is 32.3 Å². The normalized spacial score (nSPS) is 8.26. The second-order valence-corrected chi connectivity index (χ2v) is 2.68. The van der Waals surface area contributed by atoms with Crippen LogP contribution in [0.5, 0.6) is 0 Å². The van der Waals surface area contributed by atoms with Gasteiger partial charge in [-0.05, 0) is 6.92 Å². The monoisotopic (exact) mass is 286 g/mol. The van der Waals surface area contributed by atoms with Gasteiger partial charge in [-0.2, -0.15) is 0 Å². The molecule has 0 aromatic heterocycles. The molecule has 1 unspecified atom stereocenters. The highest BCUT2D eigenvalue weighted by molar-refractivity contribution is 5.72. The molecule has 116 valence electrons. The summed E-state index contributed by atoms with van der Waals surface area (Å²) in [5.74, 6) is -3.46. The molecule has 10 heteroatoms. The number of rotatable bonds is 1. The lowest BCUT2D eigenvalue weighted by molar-refractivity contribution is -0.138. The number of aliphatic carboxylic acids is 4. The Balaban J connectivity index is -0.0000000459. The lowest BCUT2D eigenvalue weighted by atomic mass is 10.4. The molecule has 0 aromatic carbocycles. The van der Waals surface area contributed by atoms with E-state index in [1.165, 1.54) is 6.92 Å². The first-order chi connectivity index (χ1) is 7.84. The third-order valence-corrected chi connectivity index (χ3v) is 0.390. The lowest BCUT2D eigenvalue weighted by Gasteiger charge is -1.90. The molecule has 0 heterocycles. The molecule has 9 N–H and O–H groups in total. The fourth-order valence-electron chi connectivity index (χ4n) is 0. The summed E-state index contributed by atoms with van der Waals surface area (Å²) in [6.45, 7) is 4.67. The number of carboxylic acid groups (broad SMARTS) is 4. The molecule has 0 rings (SSSR count). The Labute approximate surface area is 110 Å². The van der Waals surface area contributed by atoms with Crippen LogP contribution in [0.25, 0.3) is 0 Å². The van der Waals surface area contributed by atoms with Gasteiger partial charge in [0, 0.05) is 20.8 Å². The third kappa shape index (κ3) is 929. The molecule has 19 heavy (non-hydrogen) atoms. The minimum absolute atomic E-state index is 0. The largest absolute Gasteiger partial charge is 0.481 e. The molecule has 0 aromatic rings. The zero-order valence-electron chi connectivity index (χ0n) is 11.3. The fourth-order valence-corrected chi connectivity index (χ4v) is 0. The first-order valence-electron chi connectivity index (χ1n) is 4.41. The summed E-state index contributed by atoms with van der Waals surface area (Å²) in [5, 5.41) is 30.1. The van der Waals surface area contributed by atoms with Crippen molar-refractivity contribution in [3.8, 4) is 0 Å². The van der Waals surface area contributed by atoms with Crippen LogP contribution in [0, 0.1) is 0 Å². The van der Waals surface area contributed by atoms with E-state index in [1.807, 2.05) is 0 Å². The van der Waals surface area contributed by atoms with E-state index in [4.69, 9.17) is 40.5 Å². The molecule has 0 aliphatic carbocycles. The van der Waals surface area contributed by atoms with E-state index in [0.717, 1.165) is 20.8 Å². The zero-order chi connectivity index (χ0) is 15.9. The van der Waals surface area contributed by atoms with Gasteiger partial charge in [0.25, 0.3) is 17.9 Å². The second kappa shape index (κ2) is 21.1. The summed E-state index contributed by atoms with van der Waals surface area (Å²) in [5.41, 5.74) is 4.84. The van der Waals surface area contributed by atoms with Crippen LogP contribution in [0.4, 0.5) is 0 Å². The quantitative estimate of drug-likeness (QED) is 0.375. The van der Waals surface area contributed by atoms with E-state index in [2.05, 4.69) is 0 Å². The van der Waals surface area contributed by atoms with Crippen molar-refractivity contribution in [2.24, 2.45) is 5.73 Å². The number of hydrogen-bond acceptors (Lipinski definition) is 6.